The van der Waals surface area contributed by atoms with Crippen molar-refractivity contribution >= 4 is 18.1 Å². The Bertz CT molecular complexity index is 1110. The molecule has 0 saturated carbocycles. The molecular weight excluding hydrogens is 408 g/mol. The average molecular weight is 432 g/mol. The van der Waals surface area contributed by atoms with Gasteiger partial charge < -0.3 is 14.2 Å². The highest BCUT2D eigenvalue weighted by Gasteiger charge is 2.09. The Hall–Kier alpha value is -4.13. The monoisotopic (exact) mass is 432 g/mol. The molecule has 3 aromatic rings. The van der Waals surface area contributed by atoms with Gasteiger partial charge in [-0.15, -0.1) is 0 Å². The maximum atomic E-state index is 12.2. The third kappa shape index (κ3) is 6.18. The van der Waals surface area contributed by atoms with E-state index in [9.17, 15) is 9.59 Å². The first kappa shape index (κ1) is 22.6. The van der Waals surface area contributed by atoms with E-state index >= 15 is 0 Å². The number of rotatable bonds is 8. The van der Waals surface area contributed by atoms with Gasteiger partial charge in [0.2, 0.25) is 0 Å². The number of amides is 1. The first-order chi connectivity index (χ1) is 15.5. The Balaban J connectivity index is 1.47. The van der Waals surface area contributed by atoms with Gasteiger partial charge in [-0.1, -0.05) is 12.1 Å². The van der Waals surface area contributed by atoms with E-state index in [1.165, 1.54) is 6.21 Å². The van der Waals surface area contributed by atoms with Crippen molar-refractivity contribution in [2.75, 3.05) is 13.7 Å². The van der Waals surface area contributed by atoms with Crippen molar-refractivity contribution < 1.29 is 23.8 Å². The number of nitrogens with one attached hydrogen (secondary N) is 1. The standard InChI is InChI=1S/C25H24N2O5/c1-17-5-4-6-23(18(17)2)31-16-24(28)27-26-15-19-7-11-22(12-8-19)32-25(29)20-9-13-21(30-3)14-10-20/h4-15H,16H2,1-3H3,(H,27,28)/b26-15+. The maximum Gasteiger partial charge on any atom is 0.343 e. The first-order valence-corrected chi connectivity index (χ1v) is 9.93. The third-order valence-corrected chi connectivity index (χ3v) is 4.73. The third-order valence-electron chi connectivity index (χ3n) is 4.73. The minimum absolute atomic E-state index is 0.137. The second-order valence-corrected chi connectivity index (χ2v) is 6.97. The molecule has 0 unspecified atom stereocenters. The van der Waals surface area contributed by atoms with E-state index in [-0.39, 0.29) is 12.5 Å². The van der Waals surface area contributed by atoms with Gasteiger partial charge in [0.05, 0.1) is 18.9 Å². The lowest BCUT2D eigenvalue weighted by atomic mass is 10.1. The van der Waals surface area contributed by atoms with E-state index in [1.54, 1.807) is 55.6 Å². The van der Waals surface area contributed by atoms with E-state index < -0.39 is 5.97 Å². The summed E-state index contributed by atoms with van der Waals surface area (Å²) in [7, 11) is 1.56. The predicted octanol–water partition coefficient (Wildman–Crippen LogP) is 4.06. The van der Waals surface area contributed by atoms with Crippen LogP contribution in [0.2, 0.25) is 0 Å². The van der Waals surface area contributed by atoms with Gasteiger partial charge in [-0.3, -0.25) is 4.79 Å². The fraction of sp³-hybridized carbons (Fsp3) is 0.160. The van der Waals surface area contributed by atoms with Gasteiger partial charge in [0.25, 0.3) is 5.91 Å². The molecule has 0 aliphatic heterocycles. The highest BCUT2D eigenvalue weighted by atomic mass is 16.5. The van der Waals surface area contributed by atoms with Crippen molar-refractivity contribution in [3.05, 3.63) is 89.0 Å². The molecule has 1 N–H and O–H groups in total. The molecule has 0 aliphatic carbocycles. The molecule has 0 heterocycles. The molecule has 7 nitrogen and oxygen atoms in total. The lowest BCUT2D eigenvalue weighted by molar-refractivity contribution is -0.123. The minimum atomic E-state index is -0.467. The lowest BCUT2D eigenvalue weighted by Gasteiger charge is -2.09. The van der Waals surface area contributed by atoms with Gasteiger partial charge in [-0.25, -0.2) is 10.2 Å². The molecule has 32 heavy (non-hydrogen) atoms. The van der Waals surface area contributed by atoms with Gasteiger partial charge in [-0.2, -0.15) is 5.10 Å². The van der Waals surface area contributed by atoms with Crippen molar-refractivity contribution in [1.29, 1.82) is 0 Å². The maximum absolute atomic E-state index is 12.2. The Morgan fingerprint density at radius 1 is 0.938 bits per heavy atom. The van der Waals surface area contributed by atoms with E-state index in [2.05, 4.69) is 10.5 Å². The first-order valence-electron chi connectivity index (χ1n) is 9.93. The molecule has 7 heteroatoms. The predicted molar refractivity (Wildman–Crippen MR) is 122 cm³/mol. The van der Waals surface area contributed by atoms with E-state index in [0.717, 1.165) is 16.7 Å². The van der Waals surface area contributed by atoms with Gasteiger partial charge in [0.1, 0.15) is 17.2 Å². The summed E-state index contributed by atoms with van der Waals surface area (Å²) in [5.74, 6) is 0.893. The second kappa shape index (κ2) is 10.8. The van der Waals surface area contributed by atoms with Crippen molar-refractivity contribution in [2.45, 2.75) is 13.8 Å². The van der Waals surface area contributed by atoms with Crippen LogP contribution in [0.15, 0.2) is 71.8 Å². The van der Waals surface area contributed by atoms with Gasteiger partial charge in [-0.05, 0) is 85.1 Å². The molecular formula is C25H24N2O5. The number of benzene rings is 3. The Kier molecular flexibility index (Phi) is 7.59. The van der Waals surface area contributed by atoms with Crippen LogP contribution in [0.4, 0.5) is 0 Å². The molecule has 3 aromatic carbocycles. The van der Waals surface area contributed by atoms with Gasteiger partial charge in [0, 0.05) is 0 Å². The fourth-order valence-electron chi connectivity index (χ4n) is 2.75. The number of methoxy groups -OCH3 is 1. The highest BCUT2D eigenvalue weighted by molar-refractivity contribution is 5.91. The minimum Gasteiger partial charge on any atom is -0.497 e. The molecule has 0 bridgehead atoms. The summed E-state index contributed by atoms with van der Waals surface area (Å²) >= 11 is 0. The second-order valence-electron chi connectivity index (χ2n) is 6.97. The number of esters is 1. The molecule has 0 radical (unpaired) electrons. The molecule has 0 aliphatic rings. The van der Waals surface area contributed by atoms with Crippen LogP contribution < -0.4 is 19.6 Å². The van der Waals surface area contributed by atoms with Crippen LogP contribution in [0.25, 0.3) is 0 Å². The molecule has 0 fully saturated rings. The smallest absolute Gasteiger partial charge is 0.343 e. The van der Waals surface area contributed by atoms with Crippen molar-refractivity contribution in [2.24, 2.45) is 5.10 Å². The van der Waals surface area contributed by atoms with Crippen molar-refractivity contribution in [3.8, 4) is 17.2 Å². The van der Waals surface area contributed by atoms with Crippen LogP contribution in [0.1, 0.15) is 27.0 Å². The summed E-state index contributed by atoms with van der Waals surface area (Å²) in [6, 6.07) is 19.1. The normalized spacial score (nSPS) is 10.6. The zero-order valence-electron chi connectivity index (χ0n) is 18.1. The molecule has 1 amide bonds. The lowest BCUT2D eigenvalue weighted by Crippen LogP contribution is -2.24. The Morgan fingerprint density at radius 3 is 2.31 bits per heavy atom. The Morgan fingerprint density at radius 2 is 1.62 bits per heavy atom. The molecule has 3 rings (SSSR count). The summed E-state index contributed by atoms with van der Waals surface area (Å²) in [5, 5.41) is 3.92. The van der Waals surface area contributed by atoms with Crippen molar-refractivity contribution in [3.63, 3.8) is 0 Å². The number of aryl methyl sites for hydroxylation is 1. The molecule has 0 aromatic heterocycles. The SMILES string of the molecule is COc1ccc(C(=O)Oc2ccc(/C=N/NC(=O)COc3cccc(C)c3C)cc2)cc1. The summed E-state index contributed by atoms with van der Waals surface area (Å²) in [6.07, 6.45) is 1.49. The van der Waals surface area contributed by atoms with Crippen LogP contribution in [-0.2, 0) is 4.79 Å². The number of hydrazone groups is 1. The molecule has 0 saturated heterocycles. The van der Waals surface area contributed by atoms with Crippen LogP contribution in [0, 0.1) is 13.8 Å². The Labute approximate surface area is 186 Å². The quantitative estimate of drug-likeness (QED) is 0.251. The number of ether oxygens (including phenoxy) is 3. The average Bonchev–Trinajstić information content (AvgIpc) is 2.81. The highest BCUT2D eigenvalue weighted by Crippen LogP contribution is 2.20. The summed E-state index contributed by atoms with van der Waals surface area (Å²) in [4.78, 5) is 24.1. The number of carbonyl (C=O) groups excluding carboxylic acids is 2. The molecule has 0 spiro atoms. The van der Waals surface area contributed by atoms with E-state index in [0.29, 0.717) is 22.8 Å². The number of hydrogen-bond acceptors (Lipinski definition) is 6. The summed E-state index contributed by atoms with van der Waals surface area (Å²) < 4.78 is 16.0. The fourth-order valence-corrected chi connectivity index (χ4v) is 2.75. The van der Waals surface area contributed by atoms with Crippen LogP contribution in [0.3, 0.4) is 0 Å². The van der Waals surface area contributed by atoms with Crippen LogP contribution in [-0.4, -0.2) is 31.8 Å². The summed E-state index contributed by atoms with van der Waals surface area (Å²) in [5.41, 5.74) is 5.66. The topological polar surface area (TPSA) is 86.2 Å². The number of carbonyl (C=O) groups is 2. The number of nitrogens with zero attached hydrogens (tertiary/aromatic N) is 1. The summed E-state index contributed by atoms with van der Waals surface area (Å²) in [6.45, 7) is 3.79. The van der Waals surface area contributed by atoms with E-state index in [1.807, 2.05) is 32.0 Å². The van der Waals surface area contributed by atoms with Gasteiger partial charge in [0.15, 0.2) is 6.61 Å². The van der Waals surface area contributed by atoms with Crippen LogP contribution >= 0.6 is 0 Å². The molecule has 0 atom stereocenters. The largest absolute Gasteiger partial charge is 0.497 e. The zero-order chi connectivity index (χ0) is 22.9. The van der Waals surface area contributed by atoms with Crippen LogP contribution in [0.5, 0.6) is 17.2 Å². The zero-order valence-corrected chi connectivity index (χ0v) is 18.1. The van der Waals surface area contributed by atoms with E-state index in [4.69, 9.17) is 14.2 Å². The number of hydrogen-bond donors (Lipinski definition) is 1. The van der Waals surface area contributed by atoms with Gasteiger partial charge >= 0.3 is 5.97 Å². The molecule has 164 valence electrons. The van der Waals surface area contributed by atoms with Crippen molar-refractivity contribution in [1.82, 2.24) is 5.43 Å².